The van der Waals surface area contributed by atoms with Gasteiger partial charge in [0.05, 0.1) is 21.2 Å². The van der Waals surface area contributed by atoms with E-state index < -0.39 is 10.0 Å². The van der Waals surface area contributed by atoms with E-state index in [1.165, 1.54) is 28.2 Å². The van der Waals surface area contributed by atoms with Crippen molar-refractivity contribution in [1.82, 2.24) is 9.29 Å². The number of nitrogens with one attached hydrogen (secondary N) is 1. The Morgan fingerprint density at radius 1 is 1.13 bits per heavy atom. The average Bonchev–Trinajstić information content (AvgIpc) is 2.72. The van der Waals surface area contributed by atoms with Crippen molar-refractivity contribution in [3.05, 3.63) is 60.2 Å². The van der Waals surface area contributed by atoms with Crippen LogP contribution in [0.2, 0.25) is 0 Å². The van der Waals surface area contributed by atoms with Gasteiger partial charge in [0.2, 0.25) is 15.9 Å². The summed E-state index contributed by atoms with van der Waals surface area (Å²) in [5.41, 5.74) is 2.57. The van der Waals surface area contributed by atoms with Gasteiger partial charge in [0.1, 0.15) is 0 Å². The van der Waals surface area contributed by atoms with Crippen LogP contribution < -0.4 is 5.32 Å². The monoisotopic (exact) mass is 443 g/mol. The molecule has 0 aliphatic carbocycles. The van der Waals surface area contributed by atoms with Gasteiger partial charge in [-0.3, -0.25) is 4.79 Å². The Morgan fingerprint density at radius 3 is 2.47 bits per heavy atom. The quantitative estimate of drug-likeness (QED) is 0.551. The van der Waals surface area contributed by atoms with Gasteiger partial charge in [-0.2, -0.15) is 4.31 Å². The average molecular weight is 444 g/mol. The molecule has 1 amide bonds. The summed E-state index contributed by atoms with van der Waals surface area (Å²) in [5.74, 6) is 0.0310. The van der Waals surface area contributed by atoms with Crippen LogP contribution in [-0.2, 0) is 14.8 Å². The van der Waals surface area contributed by atoms with Crippen LogP contribution in [0.5, 0.6) is 0 Å². The molecule has 0 radical (unpaired) electrons. The van der Waals surface area contributed by atoms with Crippen LogP contribution >= 0.6 is 11.8 Å². The van der Waals surface area contributed by atoms with Crippen LogP contribution in [0, 0.1) is 6.92 Å². The molecule has 0 aliphatic rings. The molecule has 30 heavy (non-hydrogen) atoms. The number of aryl methyl sites for hydroxylation is 1. The zero-order valence-corrected chi connectivity index (χ0v) is 19.0. The minimum Gasteiger partial charge on any atom is -0.325 e. The fourth-order valence-corrected chi connectivity index (χ4v) is 5.02. The SMILES string of the molecule is Cc1cc(SCC(=O)Nc2ccc(S(=O)(=O)N(C)C(C)C)cc2)nc2ccccc12. The Labute approximate surface area is 181 Å². The van der Waals surface area contributed by atoms with E-state index in [1.54, 1.807) is 19.2 Å². The van der Waals surface area contributed by atoms with E-state index in [1.807, 2.05) is 51.1 Å². The second kappa shape index (κ2) is 9.16. The van der Waals surface area contributed by atoms with Crippen LogP contribution in [-0.4, -0.2) is 42.5 Å². The molecule has 3 aromatic rings. The van der Waals surface area contributed by atoms with E-state index in [2.05, 4.69) is 10.3 Å². The predicted molar refractivity (Wildman–Crippen MR) is 122 cm³/mol. The van der Waals surface area contributed by atoms with Crippen molar-refractivity contribution in [3.63, 3.8) is 0 Å². The van der Waals surface area contributed by atoms with Crippen LogP contribution in [0.25, 0.3) is 10.9 Å². The Hall–Kier alpha value is -2.42. The number of amides is 1. The maximum Gasteiger partial charge on any atom is 0.243 e. The number of fused-ring (bicyclic) bond motifs is 1. The van der Waals surface area contributed by atoms with Crippen molar-refractivity contribution in [1.29, 1.82) is 0 Å². The molecule has 1 aromatic heterocycles. The highest BCUT2D eigenvalue weighted by Gasteiger charge is 2.22. The molecule has 8 heteroatoms. The number of pyridine rings is 1. The van der Waals surface area contributed by atoms with Crippen molar-refractivity contribution in [2.45, 2.75) is 36.7 Å². The number of aromatic nitrogens is 1. The summed E-state index contributed by atoms with van der Waals surface area (Å²) in [4.78, 5) is 17.1. The lowest BCUT2D eigenvalue weighted by Crippen LogP contribution is -2.33. The van der Waals surface area contributed by atoms with Gasteiger partial charge in [-0.1, -0.05) is 30.0 Å². The van der Waals surface area contributed by atoms with E-state index in [0.29, 0.717) is 5.69 Å². The van der Waals surface area contributed by atoms with E-state index in [0.717, 1.165) is 21.5 Å². The first-order valence-electron chi connectivity index (χ1n) is 9.55. The number of sulfonamides is 1. The summed E-state index contributed by atoms with van der Waals surface area (Å²) < 4.78 is 26.3. The smallest absolute Gasteiger partial charge is 0.243 e. The number of carbonyl (C=O) groups is 1. The molecule has 0 fully saturated rings. The van der Waals surface area contributed by atoms with E-state index in [-0.39, 0.29) is 22.6 Å². The largest absolute Gasteiger partial charge is 0.325 e. The molecule has 6 nitrogen and oxygen atoms in total. The zero-order valence-electron chi connectivity index (χ0n) is 17.4. The predicted octanol–water partition coefficient (Wildman–Crippen LogP) is 4.30. The van der Waals surface area contributed by atoms with Crippen molar-refractivity contribution in [3.8, 4) is 0 Å². The van der Waals surface area contributed by atoms with Gasteiger partial charge in [-0.25, -0.2) is 13.4 Å². The van der Waals surface area contributed by atoms with Crippen LogP contribution in [0.3, 0.4) is 0 Å². The first kappa shape index (κ1) is 22.3. The molecule has 0 aliphatic heterocycles. The molecule has 158 valence electrons. The summed E-state index contributed by atoms with van der Waals surface area (Å²) >= 11 is 1.37. The molecule has 0 saturated carbocycles. The minimum atomic E-state index is -3.54. The Morgan fingerprint density at radius 2 is 1.80 bits per heavy atom. The number of nitrogens with zero attached hydrogens (tertiary/aromatic N) is 2. The summed E-state index contributed by atoms with van der Waals surface area (Å²) in [6.07, 6.45) is 0. The van der Waals surface area contributed by atoms with E-state index in [9.17, 15) is 13.2 Å². The first-order chi connectivity index (χ1) is 14.2. The molecule has 0 spiro atoms. The standard InChI is InChI=1S/C22H25N3O3S2/c1-15(2)25(4)30(27,28)18-11-9-17(10-12-18)23-21(26)14-29-22-13-16(3)19-7-5-6-8-20(19)24-22/h5-13,15H,14H2,1-4H3,(H,23,26). The lowest BCUT2D eigenvalue weighted by molar-refractivity contribution is -0.113. The van der Waals surface area contributed by atoms with Crippen molar-refractivity contribution < 1.29 is 13.2 Å². The normalized spacial score (nSPS) is 11.9. The number of hydrogen-bond donors (Lipinski definition) is 1. The molecule has 0 saturated heterocycles. The van der Waals surface area contributed by atoms with E-state index in [4.69, 9.17) is 0 Å². The van der Waals surface area contributed by atoms with Gasteiger partial charge in [0.25, 0.3) is 0 Å². The molecule has 1 N–H and O–H groups in total. The van der Waals surface area contributed by atoms with E-state index >= 15 is 0 Å². The number of thioether (sulfide) groups is 1. The molecular weight excluding hydrogens is 418 g/mol. The molecule has 0 bridgehead atoms. The first-order valence-corrected chi connectivity index (χ1v) is 12.0. The third kappa shape index (κ3) is 5.00. The summed E-state index contributed by atoms with van der Waals surface area (Å²) in [7, 11) is -1.99. The highest BCUT2D eigenvalue weighted by molar-refractivity contribution is 7.99. The van der Waals surface area contributed by atoms with Gasteiger partial charge < -0.3 is 5.32 Å². The molecule has 0 unspecified atom stereocenters. The summed E-state index contributed by atoms with van der Waals surface area (Å²) in [6, 6.07) is 16.0. The third-order valence-corrected chi connectivity index (χ3v) is 7.75. The number of carbonyl (C=O) groups excluding carboxylic acids is 1. The van der Waals surface area contributed by atoms with Crippen LogP contribution in [0.15, 0.2) is 64.5 Å². The molecular formula is C22H25N3O3S2. The molecule has 2 aromatic carbocycles. The lowest BCUT2D eigenvalue weighted by atomic mass is 10.1. The number of benzene rings is 2. The number of anilines is 1. The van der Waals surface area contributed by atoms with Crippen molar-refractivity contribution >= 4 is 44.3 Å². The second-order valence-electron chi connectivity index (χ2n) is 7.27. The van der Waals surface area contributed by atoms with Crippen LogP contribution in [0.4, 0.5) is 5.69 Å². The number of hydrogen-bond acceptors (Lipinski definition) is 5. The van der Waals surface area contributed by atoms with Gasteiger partial charge in [-0.05, 0) is 62.7 Å². The van der Waals surface area contributed by atoms with Gasteiger partial charge >= 0.3 is 0 Å². The Bertz CT molecular complexity index is 1160. The maximum atomic E-state index is 12.5. The van der Waals surface area contributed by atoms with Crippen molar-refractivity contribution in [2.75, 3.05) is 18.1 Å². The highest BCUT2D eigenvalue weighted by atomic mass is 32.2. The topological polar surface area (TPSA) is 79.4 Å². The Balaban J connectivity index is 1.63. The van der Waals surface area contributed by atoms with Gasteiger partial charge in [-0.15, -0.1) is 0 Å². The highest BCUT2D eigenvalue weighted by Crippen LogP contribution is 2.24. The zero-order chi connectivity index (χ0) is 21.9. The summed E-state index contributed by atoms with van der Waals surface area (Å²) in [6.45, 7) is 5.66. The fraction of sp³-hybridized carbons (Fsp3) is 0.273. The van der Waals surface area contributed by atoms with Crippen LogP contribution in [0.1, 0.15) is 19.4 Å². The summed E-state index contributed by atoms with van der Waals surface area (Å²) in [5, 5.41) is 4.69. The second-order valence-corrected chi connectivity index (χ2v) is 10.3. The maximum absolute atomic E-state index is 12.5. The third-order valence-electron chi connectivity index (χ3n) is 4.79. The molecule has 0 atom stereocenters. The fourth-order valence-electron chi connectivity index (χ4n) is 2.88. The Kier molecular flexibility index (Phi) is 6.80. The number of para-hydroxylation sites is 1. The molecule has 3 rings (SSSR count). The van der Waals surface area contributed by atoms with Gasteiger partial charge in [0.15, 0.2) is 0 Å². The van der Waals surface area contributed by atoms with Gasteiger partial charge in [0, 0.05) is 24.2 Å². The number of rotatable bonds is 7. The minimum absolute atomic E-state index is 0.140. The lowest BCUT2D eigenvalue weighted by Gasteiger charge is -2.21. The van der Waals surface area contributed by atoms with Crippen molar-refractivity contribution in [2.24, 2.45) is 0 Å². The molecule has 1 heterocycles.